The van der Waals surface area contributed by atoms with Crippen molar-refractivity contribution in [3.05, 3.63) is 47.5 Å². The van der Waals surface area contributed by atoms with Crippen LogP contribution in [-0.2, 0) is 32.2 Å². The van der Waals surface area contributed by atoms with Gasteiger partial charge in [-0.05, 0) is 24.0 Å². The third-order valence-corrected chi connectivity index (χ3v) is 6.18. The van der Waals surface area contributed by atoms with Gasteiger partial charge in [0.25, 0.3) is 0 Å². The van der Waals surface area contributed by atoms with E-state index in [4.69, 9.17) is 4.74 Å². The summed E-state index contributed by atoms with van der Waals surface area (Å²) in [6.07, 6.45) is 5.32. The average Bonchev–Trinajstić information content (AvgIpc) is 3.02. The van der Waals surface area contributed by atoms with Gasteiger partial charge in [0.2, 0.25) is 17.7 Å². The van der Waals surface area contributed by atoms with Crippen molar-refractivity contribution in [2.75, 3.05) is 32.8 Å². The highest BCUT2D eigenvalue weighted by molar-refractivity contribution is 6.05. The summed E-state index contributed by atoms with van der Waals surface area (Å²) in [6.45, 7) is 5.00. The number of carbonyl (C=O) groups excluding carboxylic acids is 3. The summed E-state index contributed by atoms with van der Waals surface area (Å²) in [5, 5.41) is 2.89. The van der Waals surface area contributed by atoms with E-state index >= 15 is 0 Å². The van der Waals surface area contributed by atoms with Crippen molar-refractivity contribution in [2.45, 2.75) is 32.4 Å². The van der Waals surface area contributed by atoms with Crippen molar-refractivity contribution in [3.8, 4) is 0 Å². The van der Waals surface area contributed by atoms with Gasteiger partial charge in [0.05, 0.1) is 25.0 Å². The van der Waals surface area contributed by atoms with Crippen LogP contribution in [0.25, 0.3) is 0 Å². The van der Waals surface area contributed by atoms with Crippen molar-refractivity contribution >= 4 is 17.7 Å². The maximum atomic E-state index is 12.4. The van der Waals surface area contributed by atoms with Gasteiger partial charge in [-0.2, -0.15) is 0 Å². The van der Waals surface area contributed by atoms with Crippen LogP contribution in [0.4, 0.5) is 0 Å². The number of nitrogens with one attached hydrogen (secondary N) is 1. The fourth-order valence-electron chi connectivity index (χ4n) is 4.37. The maximum absolute atomic E-state index is 12.4. The fourth-order valence-corrected chi connectivity index (χ4v) is 4.37. The molecule has 1 aromatic rings. The second-order valence-corrected chi connectivity index (χ2v) is 8.22. The Kier molecular flexibility index (Phi) is 6.59. The van der Waals surface area contributed by atoms with Crippen LogP contribution in [0.1, 0.15) is 30.4 Å². The molecular weight excluding hydrogens is 382 g/mol. The lowest BCUT2D eigenvalue weighted by molar-refractivity contribution is -0.140. The summed E-state index contributed by atoms with van der Waals surface area (Å²) in [5.74, 6) is -0.875. The standard InChI is InChI=1S/C23H29N3O4/c27-21(9-10-26-22(28)19-3-1-2-4-20(19)23(26)29)24-15-17-5-7-18(8-6-17)16-25-11-13-30-14-12-25/h1-2,5-8,19-20H,3-4,9-16H2,(H,24,27)/t19-,20+. The predicted molar refractivity (Wildman–Crippen MR) is 111 cm³/mol. The molecule has 0 saturated carbocycles. The van der Waals surface area contributed by atoms with Gasteiger partial charge in [-0.15, -0.1) is 0 Å². The Bertz CT molecular complexity index is 788. The minimum absolute atomic E-state index is 0.127. The van der Waals surface area contributed by atoms with Crippen molar-refractivity contribution in [1.29, 1.82) is 0 Å². The predicted octanol–water partition coefficient (Wildman–Crippen LogP) is 1.48. The number of hydrogen-bond donors (Lipinski definition) is 1. The van der Waals surface area contributed by atoms with Gasteiger partial charge in [0.15, 0.2) is 0 Å². The molecule has 2 aliphatic heterocycles. The Hall–Kier alpha value is -2.51. The topological polar surface area (TPSA) is 79.0 Å². The molecule has 160 valence electrons. The molecule has 0 unspecified atom stereocenters. The molecule has 1 aromatic carbocycles. The van der Waals surface area contributed by atoms with Crippen molar-refractivity contribution in [3.63, 3.8) is 0 Å². The second-order valence-electron chi connectivity index (χ2n) is 8.22. The van der Waals surface area contributed by atoms with Gasteiger partial charge in [-0.1, -0.05) is 36.4 Å². The SMILES string of the molecule is O=C(CCN1C(=O)[C@H]2CC=CC[C@H]2C1=O)NCc1ccc(CN2CCOCC2)cc1. The molecular formula is C23H29N3O4. The lowest BCUT2D eigenvalue weighted by atomic mass is 9.85. The van der Waals surface area contributed by atoms with Crippen molar-refractivity contribution < 1.29 is 19.1 Å². The lowest BCUT2D eigenvalue weighted by Crippen LogP contribution is -2.35. The number of benzene rings is 1. The summed E-state index contributed by atoms with van der Waals surface area (Å²) in [7, 11) is 0. The van der Waals surface area contributed by atoms with Gasteiger partial charge >= 0.3 is 0 Å². The molecule has 30 heavy (non-hydrogen) atoms. The highest BCUT2D eigenvalue weighted by atomic mass is 16.5. The number of rotatable bonds is 7. The quantitative estimate of drug-likeness (QED) is 0.543. The van der Waals surface area contributed by atoms with Gasteiger partial charge < -0.3 is 10.1 Å². The molecule has 1 N–H and O–H groups in total. The zero-order valence-electron chi connectivity index (χ0n) is 17.2. The van der Waals surface area contributed by atoms with E-state index < -0.39 is 0 Å². The summed E-state index contributed by atoms with van der Waals surface area (Å²) < 4.78 is 5.37. The molecule has 0 radical (unpaired) electrons. The number of likely N-dealkylation sites (tertiary alicyclic amines) is 1. The summed E-state index contributed by atoms with van der Waals surface area (Å²) in [6, 6.07) is 8.24. The number of allylic oxidation sites excluding steroid dienone is 2. The molecule has 4 rings (SSSR count). The van der Waals surface area contributed by atoms with E-state index in [9.17, 15) is 14.4 Å². The Morgan fingerprint density at radius 2 is 1.57 bits per heavy atom. The Labute approximate surface area is 177 Å². The van der Waals surface area contributed by atoms with Crippen LogP contribution in [0, 0.1) is 11.8 Å². The Morgan fingerprint density at radius 3 is 2.20 bits per heavy atom. The largest absolute Gasteiger partial charge is 0.379 e. The normalized spacial score (nSPS) is 24.2. The van der Waals surface area contributed by atoms with Gasteiger partial charge in [0.1, 0.15) is 0 Å². The number of imide groups is 1. The first-order valence-electron chi connectivity index (χ1n) is 10.8. The van der Waals surface area contributed by atoms with Gasteiger partial charge in [-0.3, -0.25) is 24.2 Å². The monoisotopic (exact) mass is 411 g/mol. The summed E-state index contributed by atoms with van der Waals surface area (Å²) >= 11 is 0. The van der Waals surface area contributed by atoms with Crippen LogP contribution in [0.2, 0.25) is 0 Å². The molecule has 7 heteroatoms. The molecule has 1 aliphatic carbocycles. The number of carbonyl (C=O) groups is 3. The van der Waals surface area contributed by atoms with E-state index in [0.717, 1.165) is 38.4 Å². The minimum atomic E-state index is -0.235. The van der Waals surface area contributed by atoms with E-state index in [1.807, 2.05) is 24.3 Å². The number of hydrogen-bond acceptors (Lipinski definition) is 5. The highest BCUT2D eigenvalue weighted by Crippen LogP contribution is 2.34. The zero-order chi connectivity index (χ0) is 20.9. The number of fused-ring (bicyclic) bond motifs is 1. The number of nitrogens with zero attached hydrogens (tertiary/aromatic N) is 2. The Morgan fingerprint density at radius 1 is 0.967 bits per heavy atom. The van der Waals surface area contributed by atoms with Crippen molar-refractivity contribution in [1.82, 2.24) is 15.1 Å². The molecule has 2 heterocycles. The van der Waals surface area contributed by atoms with Crippen LogP contribution in [0.15, 0.2) is 36.4 Å². The maximum Gasteiger partial charge on any atom is 0.233 e. The first-order chi connectivity index (χ1) is 14.6. The zero-order valence-corrected chi connectivity index (χ0v) is 17.2. The van der Waals surface area contributed by atoms with Crippen LogP contribution in [0.3, 0.4) is 0 Å². The fraction of sp³-hybridized carbons (Fsp3) is 0.522. The number of ether oxygens (including phenoxy) is 1. The smallest absolute Gasteiger partial charge is 0.233 e. The van der Waals surface area contributed by atoms with Crippen LogP contribution in [0.5, 0.6) is 0 Å². The lowest BCUT2D eigenvalue weighted by Gasteiger charge is -2.26. The first kappa shape index (κ1) is 20.8. The molecule has 0 spiro atoms. The summed E-state index contributed by atoms with van der Waals surface area (Å²) in [5.41, 5.74) is 2.27. The Balaban J connectivity index is 1.20. The minimum Gasteiger partial charge on any atom is -0.379 e. The van der Waals surface area contributed by atoms with E-state index in [1.165, 1.54) is 10.5 Å². The third kappa shape index (κ3) is 4.79. The van der Waals surface area contributed by atoms with Crippen molar-refractivity contribution in [2.24, 2.45) is 11.8 Å². The average molecular weight is 412 g/mol. The number of amides is 3. The molecule has 0 bridgehead atoms. The molecule has 2 saturated heterocycles. The molecule has 7 nitrogen and oxygen atoms in total. The van der Waals surface area contributed by atoms with Crippen LogP contribution < -0.4 is 5.32 Å². The van der Waals surface area contributed by atoms with E-state index in [-0.39, 0.29) is 42.5 Å². The van der Waals surface area contributed by atoms with Crippen LogP contribution >= 0.6 is 0 Å². The van der Waals surface area contributed by atoms with Gasteiger partial charge in [0, 0.05) is 39.1 Å². The molecule has 3 amide bonds. The molecule has 0 aromatic heterocycles. The van der Waals surface area contributed by atoms with E-state index in [2.05, 4.69) is 22.3 Å². The molecule has 2 atom stereocenters. The van der Waals surface area contributed by atoms with E-state index in [0.29, 0.717) is 19.4 Å². The second kappa shape index (κ2) is 9.53. The van der Waals surface area contributed by atoms with E-state index in [1.54, 1.807) is 0 Å². The highest BCUT2D eigenvalue weighted by Gasteiger charge is 2.46. The molecule has 3 aliphatic rings. The van der Waals surface area contributed by atoms with Gasteiger partial charge in [-0.25, -0.2) is 0 Å². The first-order valence-corrected chi connectivity index (χ1v) is 10.8. The van der Waals surface area contributed by atoms with Crippen LogP contribution in [-0.4, -0.2) is 60.4 Å². The molecule has 2 fully saturated rings. The third-order valence-electron chi connectivity index (χ3n) is 6.18. The summed E-state index contributed by atoms with van der Waals surface area (Å²) in [4.78, 5) is 40.8. The number of morpholine rings is 1.